The van der Waals surface area contributed by atoms with Gasteiger partial charge >= 0.3 is 0 Å². The van der Waals surface area contributed by atoms with Gasteiger partial charge in [0.25, 0.3) is 0 Å². The van der Waals surface area contributed by atoms with E-state index in [9.17, 15) is 15.3 Å². The van der Waals surface area contributed by atoms with Gasteiger partial charge in [0.2, 0.25) is 0 Å². The lowest BCUT2D eigenvalue weighted by atomic mass is 9.81. The van der Waals surface area contributed by atoms with E-state index in [-0.39, 0.29) is 6.61 Å². The maximum Gasteiger partial charge on any atom is 0.109 e. The smallest absolute Gasteiger partial charge is 0.109 e. The van der Waals surface area contributed by atoms with E-state index in [0.717, 1.165) is 0 Å². The van der Waals surface area contributed by atoms with E-state index in [0.29, 0.717) is 13.0 Å². The van der Waals surface area contributed by atoms with Crippen LogP contribution in [0.4, 0.5) is 0 Å². The van der Waals surface area contributed by atoms with Crippen LogP contribution in [0.1, 0.15) is 13.3 Å². The molecular formula is C9H18O5. The van der Waals surface area contributed by atoms with Crippen LogP contribution in [0.3, 0.4) is 0 Å². The number of aliphatic hydroxyl groups is 4. The summed E-state index contributed by atoms with van der Waals surface area (Å²) in [5.74, 6) is -0.426. The van der Waals surface area contributed by atoms with Crippen LogP contribution in [0.15, 0.2) is 0 Å². The molecule has 0 bridgehead atoms. The highest BCUT2D eigenvalue weighted by Gasteiger charge is 2.42. The minimum Gasteiger partial charge on any atom is -0.396 e. The molecule has 0 aromatic carbocycles. The van der Waals surface area contributed by atoms with Gasteiger partial charge in [0.1, 0.15) is 12.2 Å². The fraction of sp³-hybridized carbons (Fsp3) is 1.00. The third-order valence-corrected chi connectivity index (χ3v) is 2.71. The van der Waals surface area contributed by atoms with Gasteiger partial charge < -0.3 is 25.2 Å². The van der Waals surface area contributed by atoms with Crippen molar-refractivity contribution in [1.29, 1.82) is 0 Å². The first-order chi connectivity index (χ1) is 6.61. The molecule has 0 aromatic rings. The predicted molar refractivity (Wildman–Crippen MR) is 48.6 cm³/mol. The third kappa shape index (κ3) is 2.24. The van der Waals surface area contributed by atoms with Gasteiger partial charge in [-0.2, -0.15) is 0 Å². The highest BCUT2D eigenvalue weighted by Crippen LogP contribution is 2.27. The van der Waals surface area contributed by atoms with Crippen molar-refractivity contribution in [3.8, 4) is 0 Å². The van der Waals surface area contributed by atoms with Gasteiger partial charge in [-0.1, -0.05) is 0 Å². The van der Waals surface area contributed by atoms with Gasteiger partial charge in [0, 0.05) is 19.1 Å². The second-order valence-corrected chi connectivity index (χ2v) is 3.64. The van der Waals surface area contributed by atoms with E-state index >= 15 is 0 Å². The van der Waals surface area contributed by atoms with E-state index in [1.54, 1.807) is 6.92 Å². The molecule has 0 saturated heterocycles. The summed E-state index contributed by atoms with van der Waals surface area (Å²) in [4.78, 5) is 0. The van der Waals surface area contributed by atoms with E-state index in [1.807, 2.05) is 0 Å². The summed E-state index contributed by atoms with van der Waals surface area (Å²) in [7, 11) is 0. The van der Waals surface area contributed by atoms with Gasteiger partial charge in [-0.3, -0.25) is 0 Å². The molecule has 14 heavy (non-hydrogen) atoms. The largest absolute Gasteiger partial charge is 0.396 e. The lowest BCUT2D eigenvalue weighted by Gasteiger charge is -2.39. The number of hydrogen-bond donors (Lipinski definition) is 4. The summed E-state index contributed by atoms with van der Waals surface area (Å²) in [6.07, 6.45) is -3.53. The zero-order chi connectivity index (χ0) is 10.7. The van der Waals surface area contributed by atoms with Gasteiger partial charge in [-0.15, -0.1) is 0 Å². The first-order valence-corrected chi connectivity index (χ1v) is 4.88. The second-order valence-electron chi connectivity index (χ2n) is 3.64. The molecule has 5 atom stereocenters. The fourth-order valence-electron chi connectivity index (χ4n) is 1.84. The second kappa shape index (κ2) is 5.04. The van der Waals surface area contributed by atoms with E-state index in [2.05, 4.69) is 0 Å². The van der Waals surface area contributed by atoms with Crippen molar-refractivity contribution in [2.24, 2.45) is 5.92 Å². The van der Waals surface area contributed by atoms with Crippen LogP contribution in [-0.2, 0) is 4.74 Å². The molecule has 0 heterocycles. The summed E-state index contributed by atoms with van der Waals surface area (Å²) in [5, 5.41) is 37.4. The predicted octanol–water partition coefficient (Wildman–Crippen LogP) is -1.51. The molecule has 0 spiro atoms. The van der Waals surface area contributed by atoms with Gasteiger partial charge in [0.05, 0.1) is 12.2 Å². The van der Waals surface area contributed by atoms with Crippen LogP contribution in [0.5, 0.6) is 0 Å². The lowest BCUT2D eigenvalue weighted by molar-refractivity contribution is -0.176. The number of rotatable bonds is 3. The average molecular weight is 206 g/mol. The number of hydrogen-bond acceptors (Lipinski definition) is 5. The maximum atomic E-state index is 9.54. The normalized spacial score (nSPS) is 43.9. The molecule has 1 fully saturated rings. The van der Waals surface area contributed by atoms with Crippen molar-refractivity contribution < 1.29 is 25.2 Å². The fourth-order valence-corrected chi connectivity index (χ4v) is 1.84. The van der Waals surface area contributed by atoms with Crippen LogP contribution in [0.25, 0.3) is 0 Å². The van der Waals surface area contributed by atoms with E-state index < -0.39 is 30.3 Å². The molecule has 1 saturated carbocycles. The summed E-state index contributed by atoms with van der Waals surface area (Å²) >= 11 is 0. The quantitative estimate of drug-likeness (QED) is 0.450. The van der Waals surface area contributed by atoms with Gasteiger partial charge in [-0.05, 0) is 13.3 Å². The Bertz CT molecular complexity index is 171. The van der Waals surface area contributed by atoms with Crippen molar-refractivity contribution in [1.82, 2.24) is 0 Å². The van der Waals surface area contributed by atoms with Crippen LogP contribution >= 0.6 is 0 Å². The molecule has 1 aliphatic rings. The zero-order valence-electron chi connectivity index (χ0n) is 8.21. The van der Waals surface area contributed by atoms with Crippen LogP contribution in [-0.4, -0.2) is 58.1 Å². The summed E-state index contributed by atoms with van der Waals surface area (Å²) in [6.45, 7) is 2.01. The van der Waals surface area contributed by atoms with Crippen molar-refractivity contribution >= 4 is 0 Å². The Kier molecular flexibility index (Phi) is 4.28. The minimum absolute atomic E-state index is 0.214. The Labute approximate surface area is 82.9 Å². The highest BCUT2D eigenvalue weighted by molar-refractivity contribution is 4.92. The standard InChI is InChI=1S/C9H18O5/c1-2-14-6-3-5(4-10)7(11)9(13)8(6)12/h5-13H,2-4H2,1H3. The summed E-state index contributed by atoms with van der Waals surface area (Å²) in [6, 6.07) is 0. The molecule has 0 radical (unpaired) electrons. The molecule has 0 aromatic heterocycles. The highest BCUT2D eigenvalue weighted by atomic mass is 16.5. The monoisotopic (exact) mass is 206 g/mol. The topological polar surface area (TPSA) is 90.2 Å². The SMILES string of the molecule is CCOC1CC(CO)C(O)C(O)C1O. The van der Waals surface area contributed by atoms with E-state index in [1.165, 1.54) is 0 Å². The van der Waals surface area contributed by atoms with Crippen LogP contribution in [0, 0.1) is 5.92 Å². The summed E-state index contributed by atoms with van der Waals surface area (Å²) in [5.41, 5.74) is 0. The molecule has 84 valence electrons. The first kappa shape index (κ1) is 11.9. The number of ether oxygens (including phenoxy) is 1. The zero-order valence-corrected chi connectivity index (χ0v) is 8.21. The molecule has 0 amide bonds. The Morgan fingerprint density at radius 2 is 1.79 bits per heavy atom. The Hall–Kier alpha value is -0.200. The lowest BCUT2D eigenvalue weighted by Crippen LogP contribution is -2.55. The summed E-state index contributed by atoms with van der Waals surface area (Å²) < 4.78 is 5.21. The first-order valence-electron chi connectivity index (χ1n) is 4.88. The molecule has 5 unspecified atom stereocenters. The Morgan fingerprint density at radius 1 is 1.14 bits per heavy atom. The number of aliphatic hydroxyl groups excluding tert-OH is 4. The maximum absolute atomic E-state index is 9.54. The molecule has 5 heteroatoms. The van der Waals surface area contributed by atoms with Crippen LogP contribution < -0.4 is 0 Å². The average Bonchev–Trinajstić information content (AvgIpc) is 2.19. The molecule has 1 rings (SSSR count). The molecule has 5 nitrogen and oxygen atoms in total. The van der Waals surface area contributed by atoms with Crippen molar-refractivity contribution in [2.75, 3.05) is 13.2 Å². The van der Waals surface area contributed by atoms with Gasteiger partial charge in [-0.25, -0.2) is 0 Å². The molecule has 4 N–H and O–H groups in total. The van der Waals surface area contributed by atoms with Crippen molar-refractivity contribution in [3.05, 3.63) is 0 Å². The Balaban J connectivity index is 2.63. The molecule has 0 aliphatic heterocycles. The van der Waals surface area contributed by atoms with Crippen molar-refractivity contribution in [3.63, 3.8) is 0 Å². The van der Waals surface area contributed by atoms with Crippen LogP contribution in [0.2, 0.25) is 0 Å². The van der Waals surface area contributed by atoms with Crippen molar-refractivity contribution in [2.45, 2.75) is 37.8 Å². The van der Waals surface area contributed by atoms with E-state index in [4.69, 9.17) is 9.84 Å². The minimum atomic E-state index is -1.24. The third-order valence-electron chi connectivity index (χ3n) is 2.71. The Morgan fingerprint density at radius 3 is 2.29 bits per heavy atom. The van der Waals surface area contributed by atoms with Gasteiger partial charge in [0.15, 0.2) is 0 Å². The molecule has 1 aliphatic carbocycles. The molecular weight excluding hydrogens is 188 g/mol.